The van der Waals surface area contributed by atoms with E-state index < -0.39 is 33.8 Å². The zero-order chi connectivity index (χ0) is 38.2. The minimum Gasteiger partial charge on any atom is -0.489 e. The quantitative estimate of drug-likeness (QED) is 0.124. The molecular formula is C42H42N2O10S. The van der Waals surface area contributed by atoms with Crippen LogP contribution in [0.2, 0.25) is 0 Å². The Hall–Kier alpha value is -5.50. The number of nitrogens with one attached hydrogen (secondary N) is 1. The van der Waals surface area contributed by atoms with Crippen molar-refractivity contribution in [2.45, 2.75) is 56.6 Å². The Morgan fingerprint density at radius 1 is 0.927 bits per heavy atom. The summed E-state index contributed by atoms with van der Waals surface area (Å²) in [6.45, 7) is 6.79. The number of amides is 1. The first kappa shape index (κ1) is 36.5. The van der Waals surface area contributed by atoms with Gasteiger partial charge < -0.3 is 37.8 Å². The average Bonchev–Trinajstić information content (AvgIpc) is 3.96. The molecule has 12 nitrogen and oxygen atoms in total. The molecule has 3 atom stereocenters. The van der Waals surface area contributed by atoms with Gasteiger partial charge in [-0.3, -0.25) is 4.90 Å². The second kappa shape index (κ2) is 15.0. The molecule has 4 heterocycles. The van der Waals surface area contributed by atoms with E-state index >= 15 is 0 Å². The molecule has 2 aliphatic heterocycles. The van der Waals surface area contributed by atoms with Crippen molar-refractivity contribution in [3.05, 3.63) is 115 Å². The summed E-state index contributed by atoms with van der Waals surface area (Å²) in [5.74, 6) is 1.88. The Balaban J connectivity index is 0.950. The third-order valence-corrected chi connectivity index (χ3v) is 12.0. The molecule has 1 saturated heterocycles. The molecule has 2 aromatic heterocycles. The minimum absolute atomic E-state index is 0.0684. The highest BCUT2D eigenvalue weighted by Gasteiger charge is 2.50. The Morgan fingerprint density at radius 2 is 1.71 bits per heavy atom. The monoisotopic (exact) mass is 766 g/mol. The maximum Gasteiger partial charge on any atom is 0.418 e. The zero-order valence-corrected chi connectivity index (χ0v) is 31.5. The molecule has 2 aliphatic rings. The van der Waals surface area contributed by atoms with E-state index in [1.54, 1.807) is 23.1 Å². The molecule has 6 aromatic rings. The largest absolute Gasteiger partial charge is 0.489 e. The van der Waals surface area contributed by atoms with Gasteiger partial charge in [-0.15, -0.1) is 0 Å². The van der Waals surface area contributed by atoms with Crippen molar-refractivity contribution in [2.24, 2.45) is 5.92 Å². The van der Waals surface area contributed by atoms with Gasteiger partial charge in [0.05, 0.1) is 29.1 Å². The Morgan fingerprint density at radius 3 is 2.55 bits per heavy atom. The molecule has 1 amide bonds. The molecule has 1 N–H and O–H groups in total. The van der Waals surface area contributed by atoms with Crippen LogP contribution in [0.3, 0.4) is 0 Å². The van der Waals surface area contributed by atoms with Crippen LogP contribution < -0.4 is 24.3 Å². The number of benzene rings is 4. The highest BCUT2D eigenvalue weighted by molar-refractivity contribution is 7.91. The first-order valence-electron chi connectivity index (χ1n) is 18.2. The number of carbonyl (C=O) groups excluding carboxylic acids is 1. The Labute approximate surface area is 318 Å². The van der Waals surface area contributed by atoms with Crippen LogP contribution in [0, 0.1) is 5.92 Å². The van der Waals surface area contributed by atoms with Gasteiger partial charge in [0.1, 0.15) is 29.7 Å². The molecule has 0 saturated carbocycles. The van der Waals surface area contributed by atoms with E-state index in [9.17, 15) is 13.2 Å². The van der Waals surface area contributed by atoms with Gasteiger partial charge in [-0.25, -0.2) is 13.2 Å². The molecule has 0 bridgehead atoms. The number of rotatable bonds is 13. The maximum atomic E-state index is 14.0. The van der Waals surface area contributed by atoms with Crippen LogP contribution in [0.25, 0.3) is 21.9 Å². The smallest absolute Gasteiger partial charge is 0.418 e. The summed E-state index contributed by atoms with van der Waals surface area (Å²) in [4.78, 5) is 15.8. The fraction of sp³-hybridized carbons (Fsp3) is 0.310. The SMILES string of the molecule is CC(CNC[C@H]1OC(C)(C)N(C(=O)Oc2coc3occc23)[C@H]1Cc1ccc(OCc2ccc3ccccc3c2)cc1)CS(=O)(=O)c1ccc2c(c1)OCO2. The summed E-state index contributed by atoms with van der Waals surface area (Å²) in [5.41, 5.74) is 1.00. The summed E-state index contributed by atoms with van der Waals surface area (Å²) in [7, 11) is -3.59. The van der Waals surface area contributed by atoms with E-state index in [2.05, 4.69) is 35.6 Å². The van der Waals surface area contributed by atoms with Crippen LogP contribution >= 0.6 is 0 Å². The number of furan rings is 2. The van der Waals surface area contributed by atoms with Crippen molar-refractivity contribution in [1.82, 2.24) is 10.2 Å². The minimum atomic E-state index is -3.59. The van der Waals surface area contributed by atoms with Gasteiger partial charge in [-0.1, -0.05) is 55.5 Å². The standard InChI is InChI=1S/C42H42N2O10S/c1-27(25-55(46,47)33-14-15-36-37(20-33)52-26-51-36)21-43-22-38-35(44(42(2,3)54-38)41(45)53-39-24-50-40-34(39)16-17-48-40)19-28-9-12-32(13-10-28)49-23-29-8-11-30-6-4-5-7-31(30)18-29/h4-18,20,24,27,35,38,43H,19,21-23,25-26H2,1-3H3/t27?,35-,38+/m0/s1. The van der Waals surface area contributed by atoms with Gasteiger partial charge in [0, 0.05) is 12.6 Å². The van der Waals surface area contributed by atoms with Crippen LogP contribution in [0.5, 0.6) is 23.0 Å². The van der Waals surface area contributed by atoms with Crippen LogP contribution in [-0.2, 0) is 27.6 Å². The molecule has 8 rings (SSSR count). The molecule has 4 aromatic carbocycles. The second-order valence-electron chi connectivity index (χ2n) is 14.5. The van der Waals surface area contributed by atoms with Gasteiger partial charge >= 0.3 is 11.9 Å². The Bertz CT molecular complexity index is 2420. The number of sulfone groups is 1. The molecule has 0 aliphatic carbocycles. The maximum absolute atomic E-state index is 14.0. The number of carbonyl (C=O) groups is 1. The van der Waals surface area contributed by atoms with Crippen LogP contribution in [0.15, 0.2) is 117 Å². The lowest BCUT2D eigenvalue weighted by molar-refractivity contribution is -0.0645. The molecule has 286 valence electrons. The van der Waals surface area contributed by atoms with E-state index in [0.717, 1.165) is 22.3 Å². The number of nitrogens with zero attached hydrogens (tertiary/aromatic N) is 1. The van der Waals surface area contributed by atoms with Crippen molar-refractivity contribution in [2.75, 3.05) is 25.6 Å². The topological polar surface area (TPSA) is 139 Å². The molecule has 55 heavy (non-hydrogen) atoms. The molecule has 1 fully saturated rings. The predicted molar refractivity (Wildman–Crippen MR) is 204 cm³/mol. The van der Waals surface area contributed by atoms with E-state index in [1.807, 2.05) is 57.2 Å². The predicted octanol–water partition coefficient (Wildman–Crippen LogP) is 7.73. The molecule has 13 heteroatoms. The van der Waals surface area contributed by atoms with Crippen molar-refractivity contribution >= 4 is 37.9 Å². The van der Waals surface area contributed by atoms with Gasteiger partial charge in [-0.2, -0.15) is 0 Å². The lowest BCUT2D eigenvalue weighted by atomic mass is 10.00. The summed E-state index contributed by atoms with van der Waals surface area (Å²) in [6, 6.07) is 28.3. The fourth-order valence-corrected chi connectivity index (χ4v) is 8.94. The van der Waals surface area contributed by atoms with E-state index in [0.29, 0.717) is 43.0 Å². The zero-order valence-electron chi connectivity index (χ0n) is 30.7. The summed E-state index contributed by atoms with van der Waals surface area (Å²) < 4.78 is 66.5. The summed E-state index contributed by atoms with van der Waals surface area (Å²) in [5, 5.41) is 6.30. The van der Waals surface area contributed by atoms with Gasteiger partial charge in [0.2, 0.25) is 6.79 Å². The average molecular weight is 767 g/mol. The first-order chi connectivity index (χ1) is 26.5. The van der Waals surface area contributed by atoms with Crippen LogP contribution in [0.4, 0.5) is 4.79 Å². The lowest BCUT2D eigenvalue weighted by Crippen LogP contribution is -2.51. The lowest BCUT2D eigenvalue weighted by Gasteiger charge is -2.32. The van der Waals surface area contributed by atoms with Crippen molar-refractivity contribution < 1.29 is 45.7 Å². The van der Waals surface area contributed by atoms with Crippen molar-refractivity contribution in [3.63, 3.8) is 0 Å². The normalized spacial score (nSPS) is 18.2. The number of hydrogen-bond donors (Lipinski definition) is 1. The van der Waals surface area contributed by atoms with Crippen molar-refractivity contribution in [3.8, 4) is 23.0 Å². The highest BCUT2D eigenvalue weighted by Crippen LogP contribution is 2.37. The number of fused-ring (bicyclic) bond motifs is 3. The molecule has 0 radical (unpaired) electrons. The van der Waals surface area contributed by atoms with Crippen LogP contribution in [-0.4, -0.2) is 62.9 Å². The number of hydrogen-bond acceptors (Lipinski definition) is 11. The van der Waals surface area contributed by atoms with E-state index in [-0.39, 0.29) is 34.9 Å². The van der Waals surface area contributed by atoms with Gasteiger partial charge in [0.15, 0.2) is 27.1 Å². The third kappa shape index (κ3) is 7.86. The van der Waals surface area contributed by atoms with Gasteiger partial charge in [0.25, 0.3) is 0 Å². The van der Waals surface area contributed by atoms with Crippen LogP contribution in [0.1, 0.15) is 31.9 Å². The van der Waals surface area contributed by atoms with Gasteiger partial charge in [-0.05, 0) is 91.0 Å². The molecule has 1 unspecified atom stereocenters. The summed E-state index contributed by atoms with van der Waals surface area (Å²) >= 11 is 0. The third-order valence-electron chi connectivity index (χ3n) is 9.98. The van der Waals surface area contributed by atoms with Crippen molar-refractivity contribution in [1.29, 1.82) is 0 Å². The first-order valence-corrected chi connectivity index (χ1v) is 19.8. The summed E-state index contributed by atoms with van der Waals surface area (Å²) in [6.07, 6.45) is 2.22. The second-order valence-corrected chi connectivity index (χ2v) is 16.5. The number of ether oxygens (including phenoxy) is 5. The highest BCUT2D eigenvalue weighted by atomic mass is 32.2. The fourth-order valence-electron chi connectivity index (χ4n) is 7.32. The Kier molecular flexibility index (Phi) is 9.93. The molecular weight excluding hydrogens is 725 g/mol. The van der Waals surface area contributed by atoms with E-state index in [1.165, 1.54) is 24.0 Å². The molecule has 0 spiro atoms. The van der Waals surface area contributed by atoms with E-state index in [4.69, 9.17) is 32.5 Å².